The van der Waals surface area contributed by atoms with Gasteiger partial charge in [0.25, 0.3) is 0 Å². The van der Waals surface area contributed by atoms with Crippen LogP contribution in [-0.2, 0) is 6.42 Å². The van der Waals surface area contributed by atoms with Gasteiger partial charge in [-0.25, -0.2) is 9.07 Å². The monoisotopic (exact) mass is 238 g/mol. The summed E-state index contributed by atoms with van der Waals surface area (Å²) in [5.74, 6) is -0.324. The van der Waals surface area contributed by atoms with Crippen LogP contribution in [0.25, 0.3) is 5.69 Å². The number of hydrogen-bond acceptors (Lipinski definition) is 1. The molecule has 0 aliphatic heterocycles. The van der Waals surface area contributed by atoms with Gasteiger partial charge in [0.2, 0.25) is 0 Å². The van der Waals surface area contributed by atoms with Crippen LogP contribution in [0.2, 0.25) is 5.15 Å². The minimum absolute atomic E-state index is 0.324. The molecule has 0 saturated heterocycles. The number of nitrogens with zero attached hydrogens (tertiary/aromatic N) is 2. The lowest BCUT2D eigenvalue weighted by molar-refractivity contribution is 0.610. The van der Waals surface area contributed by atoms with Gasteiger partial charge in [-0.3, -0.25) is 0 Å². The number of para-hydroxylation sites is 1. The molecule has 0 saturated carbocycles. The van der Waals surface area contributed by atoms with Gasteiger partial charge in [0.15, 0.2) is 0 Å². The fourth-order valence-corrected chi connectivity index (χ4v) is 2.12. The van der Waals surface area contributed by atoms with Crippen LogP contribution in [0.15, 0.2) is 24.3 Å². The highest BCUT2D eigenvalue weighted by molar-refractivity contribution is 6.30. The minimum atomic E-state index is -0.324. The Hall–Kier alpha value is -1.35. The van der Waals surface area contributed by atoms with Crippen molar-refractivity contribution in [1.29, 1.82) is 0 Å². The molecule has 2 rings (SSSR count). The average Bonchev–Trinajstić information content (AvgIpc) is 2.55. The third-order valence-corrected chi connectivity index (χ3v) is 2.94. The predicted octanol–water partition coefficient (Wildman–Crippen LogP) is 3.54. The molecule has 0 aliphatic rings. The Kier molecular flexibility index (Phi) is 2.97. The quantitative estimate of drug-likeness (QED) is 0.783. The van der Waals surface area contributed by atoms with Crippen LogP contribution in [0, 0.1) is 12.7 Å². The van der Waals surface area contributed by atoms with Crippen molar-refractivity contribution in [3.63, 3.8) is 0 Å². The van der Waals surface area contributed by atoms with E-state index in [9.17, 15) is 4.39 Å². The third-order valence-electron chi connectivity index (χ3n) is 2.56. The fourth-order valence-electron chi connectivity index (χ4n) is 1.72. The molecule has 16 heavy (non-hydrogen) atoms. The highest BCUT2D eigenvalue weighted by atomic mass is 35.5. The van der Waals surface area contributed by atoms with Gasteiger partial charge in [0.05, 0.1) is 5.69 Å². The summed E-state index contributed by atoms with van der Waals surface area (Å²) in [6, 6.07) is 6.46. The van der Waals surface area contributed by atoms with Gasteiger partial charge < -0.3 is 0 Å². The Morgan fingerprint density at radius 2 is 2.06 bits per heavy atom. The molecule has 1 heterocycles. The van der Waals surface area contributed by atoms with E-state index in [0.29, 0.717) is 10.8 Å². The Morgan fingerprint density at radius 1 is 1.38 bits per heavy atom. The summed E-state index contributed by atoms with van der Waals surface area (Å²) in [5.41, 5.74) is 2.19. The van der Waals surface area contributed by atoms with Crippen LogP contribution in [0.3, 0.4) is 0 Å². The summed E-state index contributed by atoms with van der Waals surface area (Å²) in [5, 5.41) is 4.75. The highest BCUT2D eigenvalue weighted by Gasteiger charge is 2.14. The Bertz CT molecular complexity index is 520. The van der Waals surface area contributed by atoms with E-state index in [-0.39, 0.29) is 5.82 Å². The van der Waals surface area contributed by atoms with Crippen molar-refractivity contribution in [2.45, 2.75) is 20.3 Å². The SMILES string of the molecule is CCc1c(C)nn(-c2ccccc2F)c1Cl. The maximum atomic E-state index is 13.6. The second-order valence-corrected chi connectivity index (χ2v) is 3.93. The van der Waals surface area contributed by atoms with E-state index in [1.165, 1.54) is 10.7 Å². The summed E-state index contributed by atoms with van der Waals surface area (Å²) in [4.78, 5) is 0. The van der Waals surface area contributed by atoms with Crippen molar-refractivity contribution in [1.82, 2.24) is 9.78 Å². The molecule has 0 unspecified atom stereocenters. The molecule has 0 bridgehead atoms. The van der Waals surface area contributed by atoms with E-state index < -0.39 is 0 Å². The molecule has 0 amide bonds. The van der Waals surface area contributed by atoms with Crippen molar-refractivity contribution in [3.8, 4) is 5.69 Å². The number of rotatable bonds is 2. The lowest BCUT2D eigenvalue weighted by atomic mass is 10.2. The second kappa shape index (κ2) is 4.26. The van der Waals surface area contributed by atoms with Gasteiger partial charge in [0.1, 0.15) is 16.7 Å². The van der Waals surface area contributed by atoms with E-state index in [4.69, 9.17) is 11.6 Å². The molecule has 1 aromatic carbocycles. The molecule has 84 valence electrons. The smallest absolute Gasteiger partial charge is 0.148 e. The average molecular weight is 239 g/mol. The zero-order valence-corrected chi connectivity index (χ0v) is 9.92. The van der Waals surface area contributed by atoms with Gasteiger partial charge in [-0.05, 0) is 25.5 Å². The largest absolute Gasteiger partial charge is 0.219 e. The topological polar surface area (TPSA) is 17.8 Å². The molecular formula is C12H12ClFN2. The molecule has 0 N–H and O–H groups in total. The Balaban J connectivity index is 2.62. The molecular weight excluding hydrogens is 227 g/mol. The highest BCUT2D eigenvalue weighted by Crippen LogP contribution is 2.24. The van der Waals surface area contributed by atoms with Crippen LogP contribution in [0.5, 0.6) is 0 Å². The fraction of sp³-hybridized carbons (Fsp3) is 0.250. The standard InChI is InChI=1S/C12H12ClFN2/c1-3-9-8(2)15-16(12(9)13)11-7-5-4-6-10(11)14/h4-7H,3H2,1-2H3. The van der Waals surface area contributed by atoms with E-state index in [2.05, 4.69) is 5.10 Å². The summed E-state index contributed by atoms with van der Waals surface area (Å²) >= 11 is 6.17. The number of aromatic nitrogens is 2. The molecule has 0 spiro atoms. The lowest BCUT2D eigenvalue weighted by Gasteiger charge is -2.04. The van der Waals surface area contributed by atoms with Gasteiger partial charge in [0, 0.05) is 5.56 Å². The van der Waals surface area contributed by atoms with Gasteiger partial charge in [-0.2, -0.15) is 5.10 Å². The predicted molar refractivity (Wildman–Crippen MR) is 62.6 cm³/mol. The zero-order chi connectivity index (χ0) is 11.7. The van der Waals surface area contributed by atoms with Gasteiger partial charge in [-0.15, -0.1) is 0 Å². The number of halogens is 2. The number of aryl methyl sites for hydroxylation is 1. The molecule has 2 aromatic rings. The van der Waals surface area contributed by atoms with Crippen molar-refractivity contribution >= 4 is 11.6 Å². The van der Waals surface area contributed by atoms with Crippen LogP contribution in [-0.4, -0.2) is 9.78 Å². The summed E-state index contributed by atoms with van der Waals surface area (Å²) < 4.78 is 15.0. The van der Waals surface area contributed by atoms with Crippen molar-refractivity contribution in [2.75, 3.05) is 0 Å². The summed E-state index contributed by atoms with van der Waals surface area (Å²) in [6.07, 6.45) is 0.791. The van der Waals surface area contributed by atoms with Crippen molar-refractivity contribution in [2.24, 2.45) is 0 Å². The number of benzene rings is 1. The van der Waals surface area contributed by atoms with Crippen LogP contribution in [0.4, 0.5) is 4.39 Å². The molecule has 4 heteroatoms. The lowest BCUT2D eigenvalue weighted by Crippen LogP contribution is -1.99. The minimum Gasteiger partial charge on any atom is -0.219 e. The Labute approximate surface area is 98.7 Å². The maximum Gasteiger partial charge on any atom is 0.148 e. The Morgan fingerprint density at radius 3 is 2.62 bits per heavy atom. The molecule has 2 nitrogen and oxygen atoms in total. The van der Waals surface area contributed by atoms with Gasteiger partial charge >= 0.3 is 0 Å². The van der Waals surface area contributed by atoms with E-state index in [1.807, 2.05) is 13.8 Å². The molecule has 0 aliphatic carbocycles. The second-order valence-electron chi connectivity index (χ2n) is 3.57. The summed E-state index contributed by atoms with van der Waals surface area (Å²) in [7, 11) is 0. The normalized spacial score (nSPS) is 10.8. The molecule has 0 radical (unpaired) electrons. The molecule has 0 atom stereocenters. The van der Waals surface area contributed by atoms with Gasteiger partial charge in [-0.1, -0.05) is 30.7 Å². The first-order chi connectivity index (χ1) is 7.65. The van der Waals surface area contributed by atoms with Crippen LogP contribution in [0.1, 0.15) is 18.2 Å². The third kappa shape index (κ3) is 1.71. The zero-order valence-electron chi connectivity index (χ0n) is 9.17. The molecule has 0 fully saturated rings. The first kappa shape index (κ1) is 11.1. The van der Waals surface area contributed by atoms with Crippen LogP contribution < -0.4 is 0 Å². The maximum absolute atomic E-state index is 13.6. The number of hydrogen-bond donors (Lipinski definition) is 0. The summed E-state index contributed by atoms with van der Waals surface area (Å²) in [6.45, 7) is 3.88. The van der Waals surface area contributed by atoms with E-state index in [1.54, 1.807) is 18.2 Å². The van der Waals surface area contributed by atoms with E-state index in [0.717, 1.165) is 17.7 Å². The first-order valence-corrected chi connectivity index (χ1v) is 5.51. The van der Waals surface area contributed by atoms with Crippen molar-refractivity contribution < 1.29 is 4.39 Å². The van der Waals surface area contributed by atoms with Crippen molar-refractivity contribution in [3.05, 3.63) is 46.5 Å². The first-order valence-electron chi connectivity index (χ1n) is 5.14. The molecule has 1 aromatic heterocycles. The van der Waals surface area contributed by atoms with Crippen LogP contribution >= 0.6 is 11.6 Å². The van der Waals surface area contributed by atoms with E-state index >= 15 is 0 Å².